The van der Waals surface area contributed by atoms with Gasteiger partial charge in [0.15, 0.2) is 0 Å². The first-order valence-corrected chi connectivity index (χ1v) is 7.38. The number of hydrogen-bond acceptors (Lipinski definition) is 3. The molecule has 2 aromatic rings. The van der Waals surface area contributed by atoms with E-state index in [1.807, 2.05) is 12.4 Å². The zero-order valence-electron chi connectivity index (χ0n) is 10.8. The Bertz CT molecular complexity index is 497. The van der Waals surface area contributed by atoms with Gasteiger partial charge < -0.3 is 9.88 Å². The molecule has 1 unspecified atom stereocenters. The molecule has 0 radical (unpaired) electrons. The Morgan fingerprint density at radius 1 is 1.50 bits per heavy atom. The molecule has 1 atom stereocenters. The van der Waals surface area contributed by atoms with Crippen molar-refractivity contribution >= 4 is 11.3 Å². The quantitative estimate of drug-likeness (QED) is 0.917. The Hall–Kier alpha value is -1.13. The first-order valence-electron chi connectivity index (χ1n) is 6.50. The number of aryl methyl sites for hydroxylation is 1. The minimum Gasteiger partial charge on any atom is -0.336 e. The molecule has 0 amide bonds. The third-order valence-electron chi connectivity index (χ3n) is 3.72. The van der Waals surface area contributed by atoms with Crippen LogP contribution in [-0.2, 0) is 7.05 Å². The van der Waals surface area contributed by atoms with Gasteiger partial charge in [-0.25, -0.2) is 4.98 Å². The van der Waals surface area contributed by atoms with Crippen molar-refractivity contribution in [1.29, 1.82) is 0 Å². The maximum atomic E-state index is 4.51. The third kappa shape index (κ3) is 2.22. The third-order valence-corrected chi connectivity index (χ3v) is 4.66. The van der Waals surface area contributed by atoms with Gasteiger partial charge in [-0.1, -0.05) is 13.0 Å². The van der Waals surface area contributed by atoms with Crippen LogP contribution in [-0.4, -0.2) is 15.6 Å². The van der Waals surface area contributed by atoms with Crippen LogP contribution in [0, 0.1) is 5.92 Å². The second-order valence-electron chi connectivity index (χ2n) is 5.28. The van der Waals surface area contributed by atoms with E-state index in [9.17, 15) is 0 Å². The monoisotopic (exact) mass is 261 g/mol. The highest BCUT2D eigenvalue weighted by molar-refractivity contribution is 7.10. The molecular formula is C14H19N3S. The molecule has 0 saturated heterocycles. The average Bonchev–Trinajstić information content (AvgIpc) is 2.94. The molecule has 2 aromatic heterocycles. The molecule has 0 aliphatic heterocycles. The summed E-state index contributed by atoms with van der Waals surface area (Å²) in [6, 6.07) is 5.19. The lowest BCUT2D eigenvalue weighted by Gasteiger charge is -2.36. The number of rotatable bonds is 4. The predicted octanol–water partition coefficient (Wildman–Crippen LogP) is 2.96. The van der Waals surface area contributed by atoms with E-state index < -0.39 is 0 Å². The molecule has 2 heterocycles. The van der Waals surface area contributed by atoms with Crippen molar-refractivity contribution < 1.29 is 0 Å². The van der Waals surface area contributed by atoms with Crippen LogP contribution in [0.15, 0.2) is 29.9 Å². The number of aromatic nitrogens is 2. The molecule has 0 aromatic carbocycles. The van der Waals surface area contributed by atoms with Crippen molar-refractivity contribution in [1.82, 2.24) is 14.9 Å². The lowest BCUT2D eigenvalue weighted by Crippen LogP contribution is -2.42. The summed E-state index contributed by atoms with van der Waals surface area (Å²) in [6.07, 6.45) is 6.46. The summed E-state index contributed by atoms with van der Waals surface area (Å²) < 4.78 is 2.11. The van der Waals surface area contributed by atoms with E-state index in [2.05, 4.69) is 46.4 Å². The zero-order chi connectivity index (χ0) is 12.5. The molecular weight excluding hydrogens is 242 g/mol. The average molecular weight is 261 g/mol. The van der Waals surface area contributed by atoms with Gasteiger partial charge in [0.2, 0.25) is 0 Å². The van der Waals surface area contributed by atoms with Crippen LogP contribution in [0.1, 0.15) is 36.5 Å². The maximum Gasteiger partial charge on any atom is 0.131 e. The summed E-state index contributed by atoms with van der Waals surface area (Å²) >= 11 is 1.80. The van der Waals surface area contributed by atoms with Crippen LogP contribution in [0.3, 0.4) is 0 Å². The van der Waals surface area contributed by atoms with E-state index in [1.54, 1.807) is 11.3 Å². The topological polar surface area (TPSA) is 29.9 Å². The molecule has 3 rings (SSSR count). The fraction of sp³-hybridized carbons (Fsp3) is 0.500. The summed E-state index contributed by atoms with van der Waals surface area (Å²) in [5.41, 5.74) is 0. The lowest BCUT2D eigenvalue weighted by molar-refractivity contribution is 0.228. The smallest absolute Gasteiger partial charge is 0.131 e. The highest BCUT2D eigenvalue weighted by Crippen LogP contribution is 2.32. The molecule has 4 heteroatoms. The molecule has 96 valence electrons. The van der Waals surface area contributed by atoms with Crippen LogP contribution in [0.5, 0.6) is 0 Å². The van der Waals surface area contributed by atoms with Crippen LogP contribution in [0.25, 0.3) is 0 Å². The second-order valence-corrected chi connectivity index (χ2v) is 6.26. The van der Waals surface area contributed by atoms with E-state index in [4.69, 9.17) is 0 Å². The summed E-state index contributed by atoms with van der Waals surface area (Å²) in [6.45, 7) is 2.32. The Morgan fingerprint density at radius 2 is 2.33 bits per heavy atom. The number of nitrogens with zero attached hydrogens (tertiary/aromatic N) is 2. The van der Waals surface area contributed by atoms with Gasteiger partial charge in [0.25, 0.3) is 0 Å². The zero-order valence-corrected chi connectivity index (χ0v) is 11.7. The van der Waals surface area contributed by atoms with E-state index in [-0.39, 0.29) is 6.04 Å². The number of thiophene rings is 1. The van der Waals surface area contributed by atoms with Gasteiger partial charge in [0.05, 0.1) is 0 Å². The second kappa shape index (κ2) is 4.86. The van der Waals surface area contributed by atoms with Crippen LogP contribution in [0.2, 0.25) is 0 Å². The van der Waals surface area contributed by atoms with Gasteiger partial charge in [0, 0.05) is 30.4 Å². The Labute approximate surface area is 112 Å². The predicted molar refractivity (Wildman–Crippen MR) is 74.7 cm³/mol. The lowest BCUT2D eigenvalue weighted by atomic mass is 9.81. The molecule has 1 aliphatic carbocycles. The largest absolute Gasteiger partial charge is 0.336 e. The number of nitrogens with one attached hydrogen (secondary N) is 1. The molecule has 1 fully saturated rings. The standard InChI is InChI=1S/C14H19N3S/c1-10-8-11(9-10)16-13(12-4-3-7-18-12)14-15-5-6-17(14)2/h3-7,10-11,13,16H,8-9H2,1-2H3. The summed E-state index contributed by atoms with van der Waals surface area (Å²) in [5, 5.41) is 5.89. The van der Waals surface area contributed by atoms with E-state index in [0.717, 1.165) is 11.7 Å². The molecule has 3 nitrogen and oxygen atoms in total. The van der Waals surface area contributed by atoms with Gasteiger partial charge >= 0.3 is 0 Å². The van der Waals surface area contributed by atoms with Crippen molar-refractivity contribution in [2.75, 3.05) is 0 Å². The van der Waals surface area contributed by atoms with Crippen LogP contribution < -0.4 is 5.32 Å². The normalized spacial score (nSPS) is 24.8. The Kier molecular flexibility index (Phi) is 3.22. The van der Waals surface area contributed by atoms with E-state index in [1.165, 1.54) is 17.7 Å². The molecule has 0 bridgehead atoms. The molecule has 1 saturated carbocycles. The highest BCUT2D eigenvalue weighted by atomic mass is 32.1. The van der Waals surface area contributed by atoms with Gasteiger partial charge in [0.1, 0.15) is 11.9 Å². The summed E-state index contributed by atoms with van der Waals surface area (Å²) in [5.74, 6) is 1.98. The maximum absolute atomic E-state index is 4.51. The first kappa shape index (κ1) is 11.9. The summed E-state index contributed by atoms with van der Waals surface area (Å²) in [4.78, 5) is 5.86. The Balaban J connectivity index is 1.83. The summed E-state index contributed by atoms with van der Waals surface area (Å²) in [7, 11) is 2.06. The van der Waals surface area contributed by atoms with Crippen LogP contribution in [0.4, 0.5) is 0 Å². The molecule has 1 N–H and O–H groups in total. The van der Waals surface area contributed by atoms with Crippen molar-refractivity contribution in [3.63, 3.8) is 0 Å². The van der Waals surface area contributed by atoms with Crippen molar-refractivity contribution in [2.45, 2.75) is 31.8 Å². The van der Waals surface area contributed by atoms with Crippen molar-refractivity contribution in [3.8, 4) is 0 Å². The van der Waals surface area contributed by atoms with Gasteiger partial charge in [-0.15, -0.1) is 11.3 Å². The van der Waals surface area contributed by atoms with E-state index in [0.29, 0.717) is 6.04 Å². The van der Waals surface area contributed by atoms with E-state index >= 15 is 0 Å². The minimum absolute atomic E-state index is 0.238. The van der Waals surface area contributed by atoms with Crippen molar-refractivity contribution in [2.24, 2.45) is 13.0 Å². The van der Waals surface area contributed by atoms with Gasteiger partial charge in [-0.05, 0) is 30.2 Å². The SMILES string of the molecule is CC1CC(NC(c2cccs2)c2nccn2C)C1. The first-order chi connectivity index (χ1) is 8.74. The van der Waals surface area contributed by atoms with Gasteiger partial charge in [-0.2, -0.15) is 0 Å². The fourth-order valence-electron chi connectivity index (χ4n) is 2.67. The number of hydrogen-bond donors (Lipinski definition) is 1. The fourth-order valence-corrected chi connectivity index (χ4v) is 3.45. The highest BCUT2D eigenvalue weighted by Gasteiger charge is 2.30. The molecule has 0 spiro atoms. The number of imidazole rings is 1. The minimum atomic E-state index is 0.238. The molecule has 18 heavy (non-hydrogen) atoms. The Morgan fingerprint density at radius 3 is 2.89 bits per heavy atom. The van der Waals surface area contributed by atoms with Crippen LogP contribution >= 0.6 is 11.3 Å². The molecule has 1 aliphatic rings. The van der Waals surface area contributed by atoms with Gasteiger partial charge in [-0.3, -0.25) is 0 Å². The van der Waals surface area contributed by atoms with Crippen molar-refractivity contribution in [3.05, 3.63) is 40.6 Å².